The van der Waals surface area contributed by atoms with Crippen molar-refractivity contribution in [1.82, 2.24) is 20.0 Å². The van der Waals surface area contributed by atoms with E-state index in [9.17, 15) is 13.2 Å². The van der Waals surface area contributed by atoms with Crippen LogP contribution in [-0.4, -0.2) is 66.4 Å². The number of nitrogens with one attached hydrogen (secondary N) is 1. The van der Waals surface area contributed by atoms with Crippen LogP contribution in [0.3, 0.4) is 0 Å². The van der Waals surface area contributed by atoms with E-state index < -0.39 is 15.9 Å². The summed E-state index contributed by atoms with van der Waals surface area (Å²) in [7, 11) is -3.16. The molecule has 0 saturated carbocycles. The van der Waals surface area contributed by atoms with E-state index >= 15 is 0 Å². The number of carbonyl (C=O) groups excluding carboxylic acids is 1. The Morgan fingerprint density at radius 1 is 1.44 bits per heavy atom. The van der Waals surface area contributed by atoms with Gasteiger partial charge in [-0.3, -0.25) is 4.68 Å². The van der Waals surface area contributed by atoms with Crippen LogP contribution in [0.15, 0.2) is 12.4 Å². The van der Waals surface area contributed by atoms with Gasteiger partial charge in [-0.05, 0) is 26.2 Å². The van der Waals surface area contributed by atoms with Crippen LogP contribution in [0.2, 0.25) is 0 Å². The zero-order valence-corrected chi connectivity index (χ0v) is 15.4. The van der Waals surface area contributed by atoms with Crippen molar-refractivity contribution in [3.63, 3.8) is 0 Å². The van der Waals surface area contributed by atoms with Gasteiger partial charge in [-0.1, -0.05) is 0 Å². The molecule has 2 fully saturated rings. The largest absolute Gasteiger partial charge is 0.376 e. The van der Waals surface area contributed by atoms with Crippen molar-refractivity contribution in [2.24, 2.45) is 0 Å². The Kier molecular flexibility index (Phi) is 5.63. The number of hydrogen-bond donors (Lipinski definition) is 1. The number of ether oxygens (including phenoxy) is 1. The lowest BCUT2D eigenvalue weighted by Crippen LogP contribution is -2.51. The molecule has 140 valence electrons. The fourth-order valence-electron chi connectivity index (χ4n) is 3.32. The SMILES string of the molecule is CCn1cc(C2CS(=O)(=O)CCN2C(=O)NCC2CCCCO2)cn1. The molecule has 0 spiro atoms. The standard InChI is InChI=1S/C16H26N4O4S/c1-2-19-11-13(9-18-19)15-12-25(22,23)8-6-20(15)16(21)17-10-14-5-3-4-7-24-14/h9,11,14-15H,2-8,10,12H2,1H3,(H,17,21). The highest BCUT2D eigenvalue weighted by Gasteiger charge is 2.36. The van der Waals surface area contributed by atoms with Crippen molar-refractivity contribution in [3.05, 3.63) is 18.0 Å². The van der Waals surface area contributed by atoms with Crippen molar-refractivity contribution in [3.8, 4) is 0 Å². The molecule has 1 aromatic heterocycles. The Morgan fingerprint density at radius 3 is 2.96 bits per heavy atom. The van der Waals surface area contributed by atoms with E-state index in [-0.39, 0.29) is 30.2 Å². The quantitative estimate of drug-likeness (QED) is 0.852. The maximum Gasteiger partial charge on any atom is 0.318 e. The molecule has 1 N–H and O–H groups in total. The molecule has 25 heavy (non-hydrogen) atoms. The summed E-state index contributed by atoms with van der Waals surface area (Å²) in [5.74, 6) is -0.0610. The zero-order valence-electron chi connectivity index (χ0n) is 14.6. The van der Waals surface area contributed by atoms with Gasteiger partial charge in [-0.2, -0.15) is 5.10 Å². The van der Waals surface area contributed by atoms with E-state index in [0.29, 0.717) is 13.1 Å². The number of urea groups is 1. The Balaban J connectivity index is 1.69. The summed E-state index contributed by atoms with van der Waals surface area (Å²) in [6, 6.07) is -0.732. The number of sulfone groups is 1. The fourth-order valence-corrected chi connectivity index (χ4v) is 4.82. The number of carbonyl (C=O) groups is 1. The molecule has 2 amide bonds. The molecule has 2 aliphatic heterocycles. The summed E-state index contributed by atoms with van der Waals surface area (Å²) in [5, 5.41) is 7.12. The van der Waals surface area contributed by atoms with Crippen LogP contribution >= 0.6 is 0 Å². The predicted octanol–water partition coefficient (Wildman–Crippen LogP) is 0.953. The van der Waals surface area contributed by atoms with Gasteiger partial charge in [0.15, 0.2) is 9.84 Å². The van der Waals surface area contributed by atoms with Crippen LogP contribution in [0.4, 0.5) is 4.79 Å². The number of nitrogens with zero attached hydrogens (tertiary/aromatic N) is 3. The highest BCUT2D eigenvalue weighted by Crippen LogP contribution is 2.26. The van der Waals surface area contributed by atoms with E-state index in [1.54, 1.807) is 15.8 Å². The van der Waals surface area contributed by atoms with Crippen LogP contribution in [0, 0.1) is 0 Å². The van der Waals surface area contributed by atoms with E-state index in [4.69, 9.17) is 4.74 Å². The van der Waals surface area contributed by atoms with Crippen LogP contribution < -0.4 is 5.32 Å². The molecule has 0 aliphatic carbocycles. The number of rotatable bonds is 4. The molecule has 0 radical (unpaired) electrons. The van der Waals surface area contributed by atoms with Crippen molar-refractivity contribution >= 4 is 15.9 Å². The van der Waals surface area contributed by atoms with E-state index in [1.807, 2.05) is 13.1 Å². The maximum absolute atomic E-state index is 12.6. The average molecular weight is 370 g/mol. The van der Waals surface area contributed by atoms with Crippen LogP contribution in [0.1, 0.15) is 37.8 Å². The Morgan fingerprint density at radius 2 is 2.28 bits per heavy atom. The first-order valence-electron chi connectivity index (χ1n) is 8.87. The maximum atomic E-state index is 12.6. The van der Waals surface area contributed by atoms with Crippen molar-refractivity contribution in [2.75, 3.05) is 31.2 Å². The van der Waals surface area contributed by atoms with Gasteiger partial charge in [0.1, 0.15) is 0 Å². The first-order valence-corrected chi connectivity index (χ1v) is 10.7. The van der Waals surface area contributed by atoms with Crippen LogP contribution in [0.5, 0.6) is 0 Å². The molecule has 3 rings (SSSR count). The van der Waals surface area contributed by atoms with Gasteiger partial charge >= 0.3 is 6.03 Å². The van der Waals surface area contributed by atoms with Gasteiger partial charge < -0.3 is 15.0 Å². The van der Waals surface area contributed by atoms with Gasteiger partial charge in [0.25, 0.3) is 0 Å². The monoisotopic (exact) mass is 370 g/mol. The Labute approximate surface area is 148 Å². The van der Waals surface area contributed by atoms with E-state index in [1.165, 1.54) is 0 Å². The molecule has 0 aromatic carbocycles. The lowest BCUT2D eigenvalue weighted by molar-refractivity contribution is 0.0175. The summed E-state index contributed by atoms with van der Waals surface area (Å²) in [5.41, 5.74) is 0.759. The molecule has 2 aliphatic rings. The molecule has 1 aromatic rings. The van der Waals surface area contributed by atoms with E-state index in [2.05, 4.69) is 10.4 Å². The number of amides is 2. The molecule has 0 bridgehead atoms. The number of hydrogen-bond acceptors (Lipinski definition) is 5. The first-order chi connectivity index (χ1) is 12.0. The van der Waals surface area contributed by atoms with E-state index in [0.717, 1.165) is 31.4 Å². The van der Waals surface area contributed by atoms with Crippen molar-refractivity contribution in [1.29, 1.82) is 0 Å². The fraction of sp³-hybridized carbons (Fsp3) is 0.750. The summed E-state index contributed by atoms with van der Waals surface area (Å²) in [4.78, 5) is 14.3. The van der Waals surface area contributed by atoms with Gasteiger partial charge in [-0.25, -0.2) is 13.2 Å². The Bertz CT molecular complexity index is 697. The highest BCUT2D eigenvalue weighted by atomic mass is 32.2. The first kappa shape index (κ1) is 18.2. The third-order valence-electron chi connectivity index (χ3n) is 4.81. The Hall–Kier alpha value is -1.61. The van der Waals surface area contributed by atoms with Crippen LogP contribution in [0.25, 0.3) is 0 Å². The van der Waals surface area contributed by atoms with Gasteiger partial charge in [0.05, 0.1) is 29.8 Å². The van der Waals surface area contributed by atoms with Crippen molar-refractivity contribution < 1.29 is 17.9 Å². The summed E-state index contributed by atoms with van der Waals surface area (Å²) in [6.07, 6.45) is 6.64. The summed E-state index contributed by atoms with van der Waals surface area (Å²) >= 11 is 0. The highest BCUT2D eigenvalue weighted by molar-refractivity contribution is 7.91. The van der Waals surface area contributed by atoms with Crippen molar-refractivity contribution in [2.45, 2.75) is 44.9 Å². The molecule has 2 unspecified atom stereocenters. The lowest BCUT2D eigenvalue weighted by Gasteiger charge is -2.35. The topological polar surface area (TPSA) is 93.5 Å². The molecule has 9 heteroatoms. The van der Waals surface area contributed by atoms with Gasteiger partial charge in [0, 0.05) is 38.0 Å². The summed E-state index contributed by atoms with van der Waals surface area (Å²) < 4.78 is 31.5. The number of aromatic nitrogens is 2. The second kappa shape index (κ2) is 7.74. The minimum Gasteiger partial charge on any atom is -0.376 e. The number of aryl methyl sites for hydroxylation is 1. The second-order valence-corrected chi connectivity index (χ2v) is 8.86. The average Bonchev–Trinajstić information content (AvgIpc) is 3.09. The third-order valence-corrected chi connectivity index (χ3v) is 6.44. The third kappa shape index (κ3) is 4.52. The molecule has 8 nitrogen and oxygen atoms in total. The van der Waals surface area contributed by atoms with Gasteiger partial charge in [-0.15, -0.1) is 0 Å². The minimum atomic E-state index is -3.16. The lowest BCUT2D eigenvalue weighted by atomic mass is 10.1. The minimum absolute atomic E-state index is 0.00123. The van der Waals surface area contributed by atoms with Gasteiger partial charge in [0.2, 0.25) is 0 Å². The zero-order chi connectivity index (χ0) is 17.9. The summed E-state index contributed by atoms with van der Waals surface area (Å²) in [6.45, 7) is 4.06. The molecule has 3 heterocycles. The second-order valence-electron chi connectivity index (χ2n) is 6.63. The predicted molar refractivity (Wildman–Crippen MR) is 93.0 cm³/mol. The normalized spacial score (nSPS) is 26.4. The van der Waals surface area contributed by atoms with Crippen LogP contribution in [-0.2, 0) is 21.1 Å². The molecule has 2 saturated heterocycles. The molecule has 2 atom stereocenters. The molecular formula is C16H26N4O4S. The molecular weight excluding hydrogens is 344 g/mol. The smallest absolute Gasteiger partial charge is 0.318 e.